The molecule has 0 aromatic rings. The monoisotopic (exact) mass is 416 g/mol. The second-order valence-corrected chi connectivity index (χ2v) is 8.38. The topological polar surface area (TPSA) is 121 Å². The molecule has 0 saturated carbocycles. The highest BCUT2D eigenvalue weighted by atomic mass is 31.2. The number of rotatable bonds is 9. The van der Waals surface area contributed by atoms with Crippen molar-refractivity contribution >= 4 is 29.5 Å². The molecule has 9 nitrogen and oxygen atoms in total. The van der Waals surface area contributed by atoms with Gasteiger partial charge in [0.2, 0.25) is 0 Å². The molecule has 2 saturated heterocycles. The number of carbonyl (C=O) groups excluding carboxylic acids is 1. The van der Waals surface area contributed by atoms with Crippen molar-refractivity contribution in [3.63, 3.8) is 0 Å². The second-order valence-electron chi connectivity index (χ2n) is 6.98. The average Bonchev–Trinajstić information content (AvgIpc) is 3.07. The van der Waals surface area contributed by atoms with Gasteiger partial charge in [-0.05, 0) is 0 Å². The Morgan fingerprint density at radius 3 is 2.18 bits per heavy atom. The Morgan fingerprint density at radius 1 is 1.14 bits per heavy atom. The number of carbonyl (C=O) groups is 1. The van der Waals surface area contributed by atoms with E-state index >= 15 is 0 Å². The minimum absolute atomic E-state index is 0.274. The third kappa shape index (κ3) is 5.36. The van der Waals surface area contributed by atoms with Gasteiger partial charge in [-0.25, -0.2) is 4.57 Å². The molecule has 156 valence electrons. The van der Waals surface area contributed by atoms with Crippen LogP contribution >= 0.6 is 7.82 Å². The molecular formula is C16H27B2O9P. The van der Waals surface area contributed by atoms with Crippen LogP contribution in [0.25, 0.3) is 0 Å². The SMILES string of the molecule is B[C@@H]1O[C@H](COP(=O)(O)O[C@@H]2C(C=C)[C@H](B)O[C@@H]2CO)[C@H](OC(C)=O)C1C=C. The Morgan fingerprint density at radius 2 is 1.68 bits per heavy atom. The van der Waals surface area contributed by atoms with Crippen molar-refractivity contribution in [2.75, 3.05) is 13.2 Å². The molecule has 2 aliphatic heterocycles. The van der Waals surface area contributed by atoms with E-state index in [-0.39, 0.29) is 37.1 Å². The van der Waals surface area contributed by atoms with Gasteiger partial charge in [-0.2, -0.15) is 0 Å². The number of aliphatic hydroxyl groups excluding tert-OH is 1. The first-order chi connectivity index (χ1) is 13.1. The summed E-state index contributed by atoms with van der Waals surface area (Å²) in [6.07, 6.45) is 0.0636. The van der Waals surface area contributed by atoms with Crippen molar-refractivity contribution in [3.8, 4) is 0 Å². The fourth-order valence-electron chi connectivity index (χ4n) is 3.69. The Kier molecular flexibility index (Phi) is 8.10. The summed E-state index contributed by atoms with van der Waals surface area (Å²) in [5.41, 5.74) is 0. The highest BCUT2D eigenvalue weighted by Gasteiger charge is 2.47. The number of hydrogen-bond donors (Lipinski definition) is 2. The molecule has 0 aromatic heterocycles. The summed E-state index contributed by atoms with van der Waals surface area (Å²) < 4.78 is 39.4. The van der Waals surface area contributed by atoms with Gasteiger partial charge in [0.05, 0.1) is 13.2 Å². The second kappa shape index (κ2) is 9.71. The van der Waals surface area contributed by atoms with Crippen molar-refractivity contribution in [1.29, 1.82) is 0 Å². The Balaban J connectivity index is 2.03. The number of ether oxygens (including phenoxy) is 3. The number of phosphoric ester groups is 1. The molecule has 0 bridgehead atoms. The largest absolute Gasteiger partial charge is 0.472 e. The molecule has 0 amide bonds. The third-order valence-corrected chi connectivity index (χ3v) is 6.02. The van der Waals surface area contributed by atoms with E-state index in [4.69, 9.17) is 23.3 Å². The standard InChI is InChI=1S/C16H27B2O9P/c1-4-9-13(24-8(3)20)12(26-15(9)17)7-23-28(21,22)27-14-10(5-2)16(18)25-11(14)6-19/h4-5,9-16,19H,1-2,6-7,17-18H2,3H3,(H,21,22)/t9?,10?,11-,12-,13-,14-,15-,16-/m1/s1. The summed E-state index contributed by atoms with van der Waals surface area (Å²) in [4.78, 5) is 21.5. The van der Waals surface area contributed by atoms with Crippen molar-refractivity contribution in [3.05, 3.63) is 25.3 Å². The van der Waals surface area contributed by atoms with Gasteiger partial charge in [0.1, 0.15) is 40.1 Å². The molecule has 2 aliphatic rings. The molecule has 0 spiro atoms. The zero-order valence-electron chi connectivity index (χ0n) is 16.3. The van der Waals surface area contributed by atoms with Gasteiger partial charge in [0, 0.05) is 30.8 Å². The van der Waals surface area contributed by atoms with Crippen LogP contribution in [-0.2, 0) is 32.6 Å². The lowest BCUT2D eigenvalue weighted by Gasteiger charge is -2.25. The van der Waals surface area contributed by atoms with Gasteiger partial charge in [-0.3, -0.25) is 13.8 Å². The molecule has 2 fully saturated rings. The van der Waals surface area contributed by atoms with Gasteiger partial charge in [0.25, 0.3) is 0 Å². The zero-order chi connectivity index (χ0) is 21.1. The first kappa shape index (κ1) is 23.3. The van der Waals surface area contributed by atoms with E-state index in [0.717, 1.165) is 0 Å². The molecular weight excluding hydrogens is 389 g/mol. The fourth-order valence-corrected chi connectivity index (χ4v) is 4.67. The average molecular weight is 416 g/mol. The molecule has 12 heteroatoms. The molecule has 2 rings (SSSR count). The van der Waals surface area contributed by atoms with E-state index in [1.165, 1.54) is 6.92 Å². The van der Waals surface area contributed by atoms with Gasteiger partial charge < -0.3 is 24.2 Å². The number of hydrogen-bond acceptors (Lipinski definition) is 8. The molecule has 9 atom stereocenters. The highest BCUT2D eigenvalue weighted by molar-refractivity contribution is 7.47. The van der Waals surface area contributed by atoms with Crippen molar-refractivity contribution in [2.45, 2.75) is 43.3 Å². The van der Waals surface area contributed by atoms with Crippen LogP contribution in [0.15, 0.2) is 25.3 Å². The van der Waals surface area contributed by atoms with Crippen LogP contribution in [0.2, 0.25) is 0 Å². The Bertz CT molecular complexity index is 633. The van der Waals surface area contributed by atoms with Crippen LogP contribution in [0, 0.1) is 11.8 Å². The van der Waals surface area contributed by atoms with E-state index in [1.807, 2.05) is 0 Å². The summed E-state index contributed by atoms with van der Waals surface area (Å²) in [7, 11) is -0.970. The van der Waals surface area contributed by atoms with Gasteiger partial charge in [-0.15, -0.1) is 13.2 Å². The van der Waals surface area contributed by atoms with Gasteiger partial charge in [-0.1, -0.05) is 12.2 Å². The van der Waals surface area contributed by atoms with Crippen LogP contribution in [0.3, 0.4) is 0 Å². The predicted molar refractivity (Wildman–Crippen MR) is 105 cm³/mol. The summed E-state index contributed by atoms with van der Waals surface area (Å²) in [6.45, 7) is 7.97. The van der Waals surface area contributed by atoms with Gasteiger partial charge >= 0.3 is 13.8 Å². The maximum atomic E-state index is 12.5. The van der Waals surface area contributed by atoms with E-state index in [0.29, 0.717) is 0 Å². The van der Waals surface area contributed by atoms with Crippen LogP contribution in [0.5, 0.6) is 0 Å². The first-order valence-corrected chi connectivity index (χ1v) is 10.6. The van der Waals surface area contributed by atoms with Crippen molar-refractivity contribution < 1.29 is 42.6 Å². The van der Waals surface area contributed by atoms with E-state index < -0.39 is 38.2 Å². The normalized spacial score (nSPS) is 40.0. The fraction of sp³-hybridized carbons (Fsp3) is 0.688. The van der Waals surface area contributed by atoms with E-state index in [1.54, 1.807) is 27.8 Å². The number of aliphatic hydroxyl groups is 1. The molecule has 3 unspecified atom stereocenters. The minimum atomic E-state index is -4.52. The van der Waals surface area contributed by atoms with Gasteiger partial charge in [0.15, 0.2) is 0 Å². The first-order valence-electron chi connectivity index (χ1n) is 9.13. The number of esters is 1. The van der Waals surface area contributed by atoms with Crippen LogP contribution < -0.4 is 0 Å². The molecule has 0 aliphatic carbocycles. The van der Waals surface area contributed by atoms with E-state index in [9.17, 15) is 19.4 Å². The quantitative estimate of drug-likeness (QED) is 0.205. The third-order valence-electron chi connectivity index (χ3n) is 5.04. The molecule has 2 N–H and O–H groups in total. The molecule has 0 aromatic carbocycles. The molecule has 28 heavy (non-hydrogen) atoms. The summed E-state index contributed by atoms with van der Waals surface area (Å²) in [6, 6.07) is -0.636. The molecule has 2 heterocycles. The van der Waals surface area contributed by atoms with E-state index in [2.05, 4.69) is 13.2 Å². The lowest BCUT2D eigenvalue weighted by molar-refractivity contribution is -0.151. The zero-order valence-corrected chi connectivity index (χ0v) is 17.2. The Hall–Kier alpha value is -0.930. The lowest BCUT2D eigenvalue weighted by atomic mass is 9.85. The summed E-state index contributed by atoms with van der Waals surface area (Å²) in [5, 5.41) is 9.44. The number of phosphoric acid groups is 1. The van der Waals surface area contributed by atoms with Crippen molar-refractivity contribution in [2.24, 2.45) is 11.8 Å². The Labute approximate surface area is 166 Å². The summed E-state index contributed by atoms with van der Waals surface area (Å²) >= 11 is 0. The summed E-state index contributed by atoms with van der Waals surface area (Å²) in [5.74, 6) is -1.16. The van der Waals surface area contributed by atoms with Crippen LogP contribution in [-0.4, -0.2) is 81.3 Å². The van der Waals surface area contributed by atoms with Crippen molar-refractivity contribution in [1.82, 2.24) is 0 Å². The molecule has 0 radical (unpaired) electrons. The predicted octanol–water partition coefficient (Wildman–Crippen LogP) is -1.27. The minimum Gasteiger partial charge on any atom is -0.459 e. The van der Waals surface area contributed by atoms with Crippen LogP contribution in [0.1, 0.15) is 6.92 Å². The van der Waals surface area contributed by atoms with Crippen LogP contribution in [0.4, 0.5) is 0 Å². The highest BCUT2D eigenvalue weighted by Crippen LogP contribution is 2.49. The smallest absolute Gasteiger partial charge is 0.459 e. The maximum absolute atomic E-state index is 12.5. The maximum Gasteiger partial charge on any atom is 0.472 e. The lowest BCUT2D eigenvalue weighted by Crippen LogP contribution is -2.35.